The normalized spacial score (nSPS) is 15.3. The number of benzene rings is 1. The van der Waals surface area contributed by atoms with E-state index in [0.29, 0.717) is 5.56 Å². The van der Waals surface area contributed by atoms with E-state index in [1.807, 2.05) is 0 Å². The number of carbonyl (C=O) groups is 2. The van der Waals surface area contributed by atoms with Gasteiger partial charge in [-0.15, -0.1) is 0 Å². The SMILES string of the molecule is CN1CC(=O)N(Cc2ccc(NN)c([N+](=O)[O-])c2)CC1=O. The number of nitro groups is 1. The highest BCUT2D eigenvalue weighted by molar-refractivity contribution is 5.92. The zero-order valence-electron chi connectivity index (χ0n) is 11.4. The number of nitrogen functional groups attached to an aromatic ring is 1. The minimum atomic E-state index is -0.560. The zero-order chi connectivity index (χ0) is 15.6. The Balaban J connectivity index is 2.20. The van der Waals surface area contributed by atoms with Gasteiger partial charge in [-0.05, 0) is 11.6 Å². The van der Waals surface area contributed by atoms with Crippen LogP contribution in [0.25, 0.3) is 0 Å². The lowest BCUT2D eigenvalue weighted by Gasteiger charge is -2.31. The third kappa shape index (κ3) is 3.08. The average molecular weight is 293 g/mol. The van der Waals surface area contributed by atoms with Gasteiger partial charge in [-0.3, -0.25) is 25.5 Å². The van der Waals surface area contributed by atoms with Crippen molar-refractivity contribution < 1.29 is 14.5 Å². The fraction of sp³-hybridized carbons (Fsp3) is 0.333. The van der Waals surface area contributed by atoms with Gasteiger partial charge in [0.05, 0.1) is 11.5 Å². The molecule has 3 N–H and O–H groups in total. The molecule has 0 spiro atoms. The van der Waals surface area contributed by atoms with Crippen molar-refractivity contribution >= 4 is 23.2 Å². The fourth-order valence-electron chi connectivity index (χ4n) is 2.08. The number of carbonyl (C=O) groups excluding carboxylic acids is 2. The lowest BCUT2D eigenvalue weighted by Crippen LogP contribution is -2.51. The number of nitrogens with one attached hydrogen (secondary N) is 1. The van der Waals surface area contributed by atoms with E-state index in [1.165, 1.54) is 21.9 Å². The summed E-state index contributed by atoms with van der Waals surface area (Å²) in [6.45, 7) is 0.132. The van der Waals surface area contributed by atoms with Crippen LogP contribution in [0, 0.1) is 10.1 Å². The van der Waals surface area contributed by atoms with E-state index in [4.69, 9.17) is 5.84 Å². The summed E-state index contributed by atoms with van der Waals surface area (Å²) < 4.78 is 0. The number of nitrogens with two attached hydrogens (primary N) is 1. The fourth-order valence-corrected chi connectivity index (χ4v) is 2.08. The van der Waals surface area contributed by atoms with Crippen molar-refractivity contribution in [3.05, 3.63) is 33.9 Å². The molecule has 2 rings (SSSR count). The van der Waals surface area contributed by atoms with Crippen molar-refractivity contribution in [1.82, 2.24) is 9.80 Å². The molecule has 1 aromatic rings. The maximum absolute atomic E-state index is 11.9. The molecule has 1 fully saturated rings. The topological polar surface area (TPSA) is 122 Å². The van der Waals surface area contributed by atoms with Crippen molar-refractivity contribution in [1.29, 1.82) is 0 Å². The molecule has 1 saturated heterocycles. The molecule has 0 unspecified atom stereocenters. The van der Waals surface area contributed by atoms with Gasteiger partial charge in [0.15, 0.2) is 0 Å². The molecule has 112 valence electrons. The van der Waals surface area contributed by atoms with Crippen LogP contribution in [0.15, 0.2) is 18.2 Å². The van der Waals surface area contributed by atoms with E-state index in [9.17, 15) is 19.7 Å². The molecule has 0 radical (unpaired) electrons. The van der Waals surface area contributed by atoms with Gasteiger partial charge in [-0.1, -0.05) is 6.07 Å². The predicted molar refractivity (Wildman–Crippen MR) is 74.0 cm³/mol. The Labute approximate surface area is 120 Å². The molecular weight excluding hydrogens is 278 g/mol. The Morgan fingerprint density at radius 2 is 2.05 bits per heavy atom. The van der Waals surface area contributed by atoms with Gasteiger partial charge < -0.3 is 15.2 Å². The number of nitro benzene ring substituents is 1. The first-order chi connectivity index (χ1) is 9.92. The second kappa shape index (κ2) is 5.75. The number of likely N-dealkylation sites (N-methyl/N-ethyl adjacent to an activating group) is 1. The first-order valence-corrected chi connectivity index (χ1v) is 6.18. The molecular formula is C12H15N5O4. The van der Waals surface area contributed by atoms with Crippen LogP contribution < -0.4 is 11.3 Å². The summed E-state index contributed by atoms with van der Waals surface area (Å²) in [5, 5.41) is 11.0. The monoisotopic (exact) mass is 293 g/mol. The first kappa shape index (κ1) is 14.7. The molecule has 0 saturated carbocycles. The number of nitrogens with zero attached hydrogens (tertiary/aromatic N) is 3. The summed E-state index contributed by atoms with van der Waals surface area (Å²) in [6, 6.07) is 4.43. The molecule has 0 bridgehead atoms. The number of rotatable bonds is 4. The second-order valence-electron chi connectivity index (χ2n) is 4.75. The molecule has 9 heteroatoms. The van der Waals surface area contributed by atoms with E-state index >= 15 is 0 Å². The summed E-state index contributed by atoms with van der Waals surface area (Å²) >= 11 is 0. The van der Waals surface area contributed by atoms with Crippen molar-refractivity contribution in [3.63, 3.8) is 0 Å². The Morgan fingerprint density at radius 3 is 2.67 bits per heavy atom. The highest BCUT2D eigenvalue weighted by Crippen LogP contribution is 2.25. The van der Waals surface area contributed by atoms with Crippen LogP contribution in [-0.2, 0) is 16.1 Å². The van der Waals surface area contributed by atoms with Crippen LogP contribution in [-0.4, -0.2) is 46.7 Å². The third-order valence-electron chi connectivity index (χ3n) is 3.26. The number of hydrogen-bond donors (Lipinski definition) is 2. The second-order valence-corrected chi connectivity index (χ2v) is 4.75. The molecule has 9 nitrogen and oxygen atoms in total. The van der Waals surface area contributed by atoms with Gasteiger partial charge in [-0.2, -0.15) is 0 Å². The maximum atomic E-state index is 11.9. The van der Waals surface area contributed by atoms with Crippen LogP contribution in [0.3, 0.4) is 0 Å². The smallest absolute Gasteiger partial charge is 0.293 e. The van der Waals surface area contributed by atoms with E-state index in [1.54, 1.807) is 13.1 Å². The zero-order valence-corrected chi connectivity index (χ0v) is 11.4. The largest absolute Gasteiger partial charge is 0.335 e. The summed E-state index contributed by atoms with van der Waals surface area (Å²) in [5.41, 5.74) is 2.81. The van der Waals surface area contributed by atoms with Gasteiger partial charge in [0.1, 0.15) is 12.2 Å². The standard InChI is InChI=1S/C12H15N5O4/c1-15-6-12(19)16(7-11(15)18)5-8-2-3-9(14-13)10(4-8)17(20)21/h2-4,14H,5-7,13H2,1H3. The van der Waals surface area contributed by atoms with Gasteiger partial charge in [0.2, 0.25) is 11.8 Å². The number of piperazine rings is 1. The minimum Gasteiger partial charge on any atom is -0.335 e. The molecule has 1 aliphatic heterocycles. The lowest BCUT2D eigenvalue weighted by atomic mass is 10.1. The number of hydrazine groups is 1. The lowest BCUT2D eigenvalue weighted by molar-refractivity contribution is -0.384. The molecule has 2 amide bonds. The third-order valence-corrected chi connectivity index (χ3v) is 3.26. The molecule has 1 heterocycles. The van der Waals surface area contributed by atoms with Gasteiger partial charge >= 0.3 is 0 Å². The van der Waals surface area contributed by atoms with Gasteiger partial charge in [-0.25, -0.2) is 0 Å². The Morgan fingerprint density at radius 1 is 1.33 bits per heavy atom. The van der Waals surface area contributed by atoms with Crippen LogP contribution >= 0.6 is 0 Å². The first-order valence-electron chi connectivity index (χ1n) is 6.18. The molecule has 0 atom stereocenters. The summed E-state index contributed by atoms with van der Waals surface area (Å²) in [7, 11) is 1.56. The molecule has 21 heavy (non-hydrogen) atoms. The van der Waals surface area contributed by atoms with Crippen molar-refractivity contribution in [2.75, 3.05) is 25.6 Å². The van der Waals surface area contributed by atoms with E-state index < -0.39 is 4.92 Å². The highest BCUT2D eigenvalue weighted by Gasteiger charge is 2.27. The van der Waals surface area contributed by atoms with Gasteiger partial charge in [0.25, 0.3) is 5.69 Å². The Hall–Kier alpha value is -2.68. The molecule has 0 aromatic heterocycles. The van der Waals surface area contributed by atoms with Crippen molar-refractivity contribution in [3.8, 4) is 0 Å². The van der Waals surface area contributed by atoms with Crippen LogP contribution in [0.5, 0.6) is 0 Å². The van der Waals surface area contributed by atoms with Gasteiger partial charge in [0, 0.05) is 19.7 Å². The minimum absolute atomic E-state index is 0.0172. The number of amides is 2. The molecule has 0 aliphatic carbocycles. The number of anilines is 1. The van der Waals surface area contributed by atoms with E-state index in [2.05, 4.69) is 5.43 Å². The van der Waals surface area contributed by atoms with Crippen LogP contribution in [0.1, 0.15) is 5.56 Å². The number of hydrogen-bond acceptors (Lipinski definition) is 6. The van der Waals surface area contributed by atoms with Crippen molar-refractivity contribution in [2.45, 2.75) is 6.54 Å². The average Bonchev–Trinajstić information content (AvgIpc) is 2.44. The van der Waals surface area contributed by atoms with Crippen LogP contribution in [0.2, 0.25) is 0 Å². The van der Waals surface area contributed by atoms with E-state index in [0.717, 1.165) is 0 Å². The quantitative estimate of drug-likeness (QED) is 0.446. The Kier molecular flexibility index (Phi) is 4.03. The van der Waals surface area contributed by atoms with Crippen molar-refractivity contribution in [2.24, 2.45) is 5.84 Å². The maximum Gasteiger partial charge on any atom is 0.293 e. The van der Waals surface area contributed by atoms with Crippen LogP contribution in [0.4, 0.5) is 11.4 Å². The molecule has 1 aromatic carbocycles. The molecule has 1 aliphatic rings. The van der Waals surface area contributed by atoms with E-state index in [-0.39, 0.29) is 42.8 Å². The summed E-state index contributed by atoms with van der Waals surface area (Å²) in [6.07, 6.45) is 0. The predicted octanol–water partition coefficient (Wildman–Crippen LogP) is -0.319. The summed E-state index contributed by atoms with van der Waals surface area (Å²) in [5.74, 6) is 4.85. The summed E-state index contributed by atoms with van der Waals surface area (Å²) in [4.78, 5) is 36.6. The Bertz CT molecular complexity index is 603. The highest BCUT2D eigenvalue weighted by atomic mass is 16.6.